The third kappa shape index (κ3) is 4.06. The molecule has 0 spiro atoms. The number of benzene rings is 1. The standard InChI is InChI=1S/C11H14F3NS/c1-8(6-15)16-7-9-3-2-4-10(5-9)11(12,13)14/h2-5,8H,6-7,15H2,1H3. The highest BCUT2D eigenvalue weighted by Crippen LogP contribution is 2.30. The third-order valence-corrected chi connectivity index (χ3v) is 3.38. The summed E-state index contributed by atoms with van der Waals surface area (Å²) in [6.45, 7) is 2.49. The molecule has 0 aliphatic rings. The summed E-state index contributed by atoms with van der Waals surface area (Å²) in [7, 11) is 0. The number of thioether (sulfide) groups is 1. The Morgan fingerprint density at radius 3 is 2.62 bits per heavy atom. The highest BCUT2D eigenvalue weighted by atomic mass is 32.2. The van der Waals surface area contributed by atoms with E-state index in [1.54, 1.807) is 17.8 Å². The van der Waals surface area contributed by atoms with E-state index in [2.05, 4.69) is 0 Å². The molecule has 0 radical (unpaired) electrons. The molecule has 0 aromatic heterocycles. The minimum Gasteiger partial charge on any atom is -0.329 e. The molecule has 0 heterocycles. The van der Waals surface area contributed by atoms with Crippen molar-refractivity contribution in [3.63, 3.8) is 0 Å². The van der Waals surface area contributed by atoms with Gasteiger partial charge in [0.25, 0.3) is 0 Å². The van der Waals surface area contributed by atoms with E-state index in [0.717, 1.165) is 6.07 Å². The molecular formula is C11H14F3NS. The maximum Gasteiger partial charge on any atom is 0.416 e. The molecule has 2 N–H and O–H groups in total. The van der Waals surface area contributed by atoms with Gasteiger partial charge in [-0.15, -0.1) is 0 Å². The molecular weight excluding hydrogens is 235 g/mol. The summed E-state index contributed by atoms with van der Waals surface area (Å²) >= 11 is 1.56. The van der Waals surface area contributed by atoms with Crippen LogP contribution in [0.3, 0.4) is 0 Å². The maximum atomic E-state index is 12.4. The van der Waals surface area contributed by atoms with Crippen molar-refractivity contribution >= 4 is 11.8 Å². The van der Waals surface area contributed by atoms with Gasteiger partial charge in [0, 0.05) is 17.5 Å². The Kier molecular flexibility index (Phi) is 4.68. The zero-order valence-electron chi connectivity index (χ0n) is 8.92. The lowest BCUT2D eigenvalue weighted by Gasteiger charge is -2.10. The molecule has 0 bridgehead atoms. The summed E-state index contributed by atoms with van der Waals surface area (Å²) in [6.07, 6.45) is -4.26. The fraction of sp³-hybridized carbons (Fsp3) is 0.455. The Labute approximate surface area is 97.2 Å². The maximum absolute atomic E-state index is 12.4. The molecule has 16 heavy (non-hydrogen) atoms. The first-order chi connectivity index (χ1) is 7.43. The van der Waals surface area contributed by atoms with E-state index in [1.807, 2.05) is 6.92 Å². The third-order valence-electron chi connectivity index (χ3n) is 2.12. The highest BCUT2D eigenvalue weighted by molar-refractivity contribution is 7.99. The van der Waals surface area contributed by atoms with Crippen LogP contribution in [0.15, 0.2) is 24.3 Å². The van der Waals surface area contributed by atoms with Gasteiger partial charge >= 0.3 is 6.18 Å². The van der Waals surface area contributed by atoms with Crippen molar-refractivity contribution in [2.45, 2.75) is 24.1 Å². The van der Waals surface area contributed by atoms with Crippen molar-refractivity contribution in [2.24, 2.45) is 5.73 Å². The average molecular weight is 249 g/mol. The van der Waals surface area contributed by atoms with E-state index in [4.69, 9.17) is 5.73 Å². The van der Waals surface area contributed by atoms with Crippen molar-refractivity contribution in [3.05, 3.63) is 35.4 Å². The summed E-state index contributed by atoms with van der Waals surface area (Å²) in [4.78, 5) is 0. The molecule has 1 nitrogen and oxygen atoms in total. The van der Waals surface area contributed by atoms with Crippen LogP contribution >= 0.6 is 11.8 Å². The van der Waals surface area contributed by atoms with Crippen molar-refractivity contribution in [2.75, 3.05) is 6.54 Å². The quantitative estimate of drug-likeness (QED) is 0.886. The molecule has 0 fully saturated rings. The molecule has 1 rings (SSSR count). The summed E-state index contributed by atoms with van der Waals surface area (Å²) in [5.41, 5.74) is 5.52. The van der Waals surface area contributed by atoms with Crippen LogP contribution in [-0.4, -0.2) is 11.8 Å². The van der Waals surface area contributed by atoms with Crippen LogP contribution < -0.4 is 5.73 Å². The SMILES string of the molecule is CC(CN)SCc1cccc(C(F)(F)F)c1. The van der Waals surface area contributed by atoms with Crippen LogP contribution in [0.25, 0.3) is 0 Å². The van der Waals surface area contributed by atoms with Gasteiger partial charge in [0.15, 0.2) is 0 Å². The van der Waals surface area contributed by atoms with Crippen molar-refractivity contribution in [1.82, 2.24) is 0 Å². The fourth-order valence-corrected chi connectivity index (χ4v) is 1.94. The average Bonchev–Trinajstić information content (AvgIpc) is 2.25. The molecule has 90 valence electrons. The number of hydrogen-bond donors (Lipinski definition) is 1. The van der Waals surface area contributed by atoms with E-state index in [9.17, 15) is 13.2 Å². The van der Waals surface area contributed by atoms with Crippen LogP contribution in [0, 0.1) is 0 Å². The normalized spacial score (nSPS) is 13.8. The van der Waals surface area contributed by atoms with Gasteiger partial charge in [-0.05, 0) is 11.6 Å². The van der Waals surface area contributed by atoms with E-state index < -0.39 is 11.7 Å². The molecule has 0 saturated carbocycles. The zero-order valence-corrected chi connectivity index (χ0v) is 9.74. The van der Waals surface area contributed by atoms with Crippen LogP contribution in [0.5, 0.6) is 0 Å². The summed E-state index contributed by atoms with van der Waals surface area (Å²) in [6, 6.07) is 5.41. The second-order valence-electron chi connectivity index (χ2n) is 3.56. The topological polar surface area (TPSA) is 26.0 Å². The predicted molar refractivity (Wildman–Crippen MR) is 61.3 cm³/mol. The van der Waals surface area contributed by atoms with Gasteiger partial charge in [0.05, 0.1) is 5.56 Å². The smallest absolute Gasteiger partial charge is 0.329 e. The Bertz CT molecular complexity index is 338. The van der Waals surface area contributed by atoms with Gasteiger partial charge in [0.2, 0.25) is 0 Å². The molecule has 0 saturated heterocycles. The molecule has 5 heteroatoms. The number of alkyl halides is 3. The first-order valence-electron chi connectivity index (χ1n) is 4.91. The van der Waals surface area contributed by atoms with Crippen LogP contribution in [-0.2, 0) is 11.9 Å². The zero-order chi connectivity index (χ0) is 12.2. The Balaban J connectivity index is 2.68. The van der Waals surface area contributed by atoms with Crippen LogP contribution in [0.1, 0.15) is 18.1 Å². The summed E-state index contributed by atoms with van der Waals surface area (Å²) < 4.78 is 37.2. The number of rotatable bonds is 4. The first kappa shape index (κ1) is 13.4. The highest BCUT2D eigenvalue weighted by Gasteiger charge is 2.30. The molecule has 0 amide bonds. The van der Waals surface area contributed by atoms with Crippen molar-refractivity contribution in [3.8, 4) is 0 Å². The lowest BCUT2D eigenvalue weighted by molar-refractivity contribution is -0.137. The van der Waals surface area contributed by atoms with E-state index in [0.29, 0.717) is 17.9 Å². The predicted octanol–water partition coefficient (Wildman–Crippen LogP) is 3.29. The molecule has 0 aliphatic heterocycles. The lowest BCUT2D eigenvalue weighted by atomic mass is 10.1. The minimum atomic E-state index is -4.26. The number of nitrogens with two attached hydrogens (primary N) is 1. The Hall–Kier alpha value is -0.680. The van der Waals surface area contributed by atoms with Crippen LogP contribution in [0.4, 0.5) is 13.2 Å². The van der Waals surface area contributed by atoms with Crippen molar-refractivity contribution in [1.29, 1.82) is 0 Å². The summed E-state index contributed by atoms with van der Waals surface area (Å²) in [5, 5.41) is 0.259. The molecule has 1 aromatic rings. The Morgan fingerprint density at radius 2 is 2.06 bits per heavy atom. The van der Waals surface area contributed by atoms with Crippen molar-refractivity contribution < 1.29 is 13.2 Å². The minimum absolute atomic E-state index is 0.259. The first-order valence-corrected chi connectivity index (χ1v) is 5.96. The Morgan fingerprint density at radius 1 is 1.38 bits per heavy atom. The van der Waals surface area contributed by atoms with E-state index in [1.165, 1.54) is 12.1 Å². The van der Waals surface area contributed by atoms with Gasteiger partial charge in [-0.2, -0.15) is 24.9 Å². The molecule has 0 aliphatic carbocycles. The van der Waals surface area contributed by atoms with E-state index >= 15 is 0 Å². The second kappa shape index (κ2) is 5.59. The van der Waals surface area contributed by atoms with Gasteiger partial charge < -0.3 is 5.73 Å². The number of hydrogen-bond acceptors (Lipinski definition) is 2. The van der Waals surface area contributed by atoms with Gasteiger partial charge in [-0.25, -0.2) is 0 Å². The van der Waals surface area contributed by atoms with Gasteiger partial charge in [0.1, 0.15) is 0 Å². The lowest BCUT2D eigenvalue weighted by Crippen LogP contribution is -2.12. The van der Waals surface area contributed by atoms with E-state index in [-0.39, 0.29) is 5.25 Å². The summed E-state index contributed by atoms with van der Waals surface area (Å²) in [5.74, 6) is 0.558. The number of halogens is 3. The molecule has 1 atom stereocenters. The van der Waals surface area contributed by atoms with Gasteiger partial charge in [-0.3, -0.25) is 0 Å². The largest absolute Gasteiger partial charge is 0.416 e. The molecule has 1 aromatic carbocycles. The van der Waals surface area contributed by atoms with Gasteiger partial charge in [-0.1, -0.05) is 25.1 Å². The molecule has 1 unspecified atom stereocenters. The van der Waals surface area contributed by atoms with Crippen LogP contribution in [0.2, 0.25) is 0 Å². The monoisotopic (exact) mass is 249 g/mol. The second-order valence-corrected chi connectivity index (χ2v) is 4.98. The fourth-order valence-electron chi connectivity index (χ4n) is 1.14.